The third kappa shape index (κ3) is 4.00. The monoisotopic (exact) mass is 463 g/mol. The van der Waals surface area contributed by atoms with Gasteiger partial charge in [0.2, 0.25) is 5.91 Å². The number of rotatable bonds is 4. The average molecular weight is 463 g/mol. The van der Waals surface area contributed by atoms with Crippen molar-refractivity contribution in [3.05, 3.63) is 13.8 Å². The van der Waals surface area contributed by atoms with E-state index in [9.17, 15) is 9.59 Å². The summed E-state index contributed by atoms with van der Waals surface area (Å²) in [5.74, 6) is 0.829. The molecule has 1 aliphatic heterocycles. The lowest BCUT2D eigenvalue weighted by molar-refractivity contribution is -0.131. The Labute approximate surface area is 159 Å². The minimum Gasteiger partial charge on any atom is -0.353 e. The number of hydrogen-bond acceptors (Lipinski definition) is 5. The van der Waals surface area contributed by atoms with E-state index in [-0.39, 0.29) is 24.7 Å². The van der Waals surface area contributed by atoms with Gasteiger partial charge in [-0.25, -0.2) is 0 Å². The maximum atomic E-state index is 13.3. The Morgan fingerprint density at radius 3 is 2.58 bits per heavy atom. The highest BCUT2D eigenvalue weighted by Crippen LogP contribution is 2.36. The van der Waals surface area contributed by atoms with E-state index in [1.54, 1.807) is 4.90 Å². The molecular formula is C17H22INO4S. The van der Waals surface area contributed by atoms with Crippen molar-refractivity contribution in [2.24, 2.45) is 11.8 Å². The SMILES string of the molecule is CC1CCC(C(=O)N(c2cc(I)sc2C=O)C2COCOC2)CC1. The highest BCUT2D eigenvalue weighted by Gasteiger charge is 2.35. The molecule has 1 saturated heterocycles. The third-order valence-electron chi connectivity index (χ3n) is 4.83. The van der Waals surface area contributed by atoms with Crippen molar-refractivity contribution in [3.63, 3.8) is 0 Å². The molecule has 1 aromatic heterocycles. The molecule has 1 saturated carbocycles. The van der Waals surface area contributed by atoms with E-state index in [1.807, 2.05) is 6.07 Å². The van der Waals surface area contributed by atoms with Crippen LogP contribution in [0.5, 0.6) is 0 Å². The van der Waals surface area contributed by atoms with Crippen molar-refractivity contribution in [1.82, 2.24) is 0 Å². The molecule has 2 aliphatic rings. The summed E-state index contributed by atoms with van der Waals surface area (Å²) in [7, 11) is 0. The molecule has 0 radical (unpaired) electrons. The van der Waals surface area contributed by atoms with Gasteiger partial charge in [-0.15, -0.1) is 11.3 Å². The van der Waals surface area contributed by atoms with Gasteiger partial charge in [0.15, 0.2) is 6.29 Å². The zero-order valence-electron chi connectivity index (χ0n) is 13.7. The van der Waals surface area contributed by atoms with Crippen LogP contribution in [0.25, 0.3) is 0 Å². The molecule has 0 N–H and O–H groups in total. The fraction of sp³-hybridized carbons (Fsp3) is 0.647. The number of carbonyl (C=O) groups is 2. The number of ether oxygens (including phenoxy) is 2. The normalized spacial score (nSPS) is 25.4. The van der Waals surface area contributed by atoms with Crippen LogP contribution in [-0.2, 0) is 14.3 Å². The predicted molar refractivity (Wildman–Crippen MR) is 102 cm³/mol. The average Bonchev–Trinajstić information content (AvgIpc) is 2.97. The zero-order chi connectivity index (χ0) is 17.1. The van der Waals surface area contributed by atoms with E-state index >= 15 is 0 Å². The van der Waals surface area contributed by atoms with Crippen molar-refractivity contribution < 1.29 is 19.1 Å². The standard InChI is InChI=1S/C17H22INO4S/c1-11-2-4-12(5-3-11)17(21)19(13-8-22-10-23-9-13)14-6-16(18)24-15(14)7-20/h6-7,11-13H,2-5,8-10H2,1H3. The van der Waals surface area contributed by atoms with Gasteiger partial charge < -0.3 is 14.4 Å². The first-order chi connectivity index (χ1) is 11.6. The number of anilines is 1. The van der Waals surface area contributed by atoms with Crippen molar-refractivity contribution in [2.45, 2.75) is 38.6 Å². The van der Waals surface area contributed by atoms with E-state index in [2.05, 4.69) is 29.5 Å². The molecule has 0 spiro atoms. The molecule has 2 fully saturated rings. The molecule has 1 aromatic rings. The van der Waals surface area contributed by atoms with Gasteiger partial charge in [0.1, 0.15) is 6.79 Å². The maximum absolute atomic E-state index is 13.3. The third-order valence-corrected chi connectivity index (χ3v) is 6.64. The Morgan fingerprint density at radius 1 is 1.29 bits per heavy atom. The second-order valence-corrected chi connectivity index (χ2v) is 9.57. The molecule has 7 heteroatoms. The fourth-order valence-corrected chi connectivity index (χ4v) is 5.16. The van der Waals surface area contributed by atoms with Gasteiger partial charge in [0.05, 0.1) is 32.7 Å². The summed E-state index contributed by atoms with van der Waals surface area (Å²) >= 11 is 3.61. The molecule has 0 aromatic carbocycles. The number of thiophene rings is 1. The summed E-state index contributed by atoms with van der Waals surface area (Å²) in [4.78, 5) is 27.1. The zero-order valence-corrected chi connectivity index (χ0v) is 16.7. The first-order valence-corrected chi connectivity index (χ1v) is 10.2. The molecule has 132 valence electrons. The van der Waals surface area contributed by atoms with Crippen LogP contribution in [0.15, 0.2) is 6.07 Å². The van der Waals surface area contributed by atoms with Gasteiger partial charge in [-0.3, -0.25) is 9.59 Å². The minimum atomic E-state index is -0.172. The molecule has 1 amide bonds. The fourth-order valence-electron chi connectivity index (χ4n) is 3.46. The second-order valence-electron chi connectivity index (χ2n) is 6.60. The molecule has 0 unspecified atom stereocenters. The summed E-state index contributed by atoms with van der Waals surface area (Å²) < 4.78 is 11.8. The van der Waals surface area contributed by atoms with Crippen LogP contribution >= 0.6 is 33.9 Å². The summed E-state index contributed by atoms with van der Waals surface area (Å²) in [6, 6.07) is 1.75. The van der Waals surface area contributed by atoms with Gasteiger partial charge >= 0.3 is 0 Å². The van der Waals surface area contributed by atoms with Crippen molar-refractivity contribution >= 4 is 51.8 Å². The summed E-state index contributed by atoms with van der Waals surface area (Å²) in [5.41, 5.74) is 0.710. The van der Waals surface area contributed by atoms with Gasteiger partial charge in [-0.1, -0.05) is 6.92 Å². The highest BCUT2D eigenvalue weighted by molar-refractivity contribution is 14.1. The van der Waals surface area contributed by atoms with Crippen LogP contribution in [0.2, 0.25) is 0 Å². The van der Waals surface area contributed by atoms with Crippen LogP contribution in [0.3, 0.4) is 0 Å². The highest BCUT2D eigenvalue weighted by atomic mass is 127. The lowest BCUT2D eigenvalue weighted by atomic mass is 9.82. The Hall–Kier alpha value is -0.510. The molecule has 1 aliphatic carbocycles. The van der Waals surface area contributed by atoms with E-state index < -0.39 is 0 Å². The number of carbonyl (C=O) groups excluding carboxylic acids is 2. The van der Waals surface area contributed by atoms with E-state index in [0.29, 0.717) is 29.7 Å². The molecule has 3 rings (SSSR count). The van der Waals surface area contributed by atoms with E-state index in [0.717, 1.165) is 34.9 Å². The smallest absolute Gasteiger partial charge is 0.230 e. The van der Waals surface area contributed by atoms with Crippen LogP contribution in [0.1, 0.15) is 42.3 Å². The molecular weight excluding hydrogens is 441 g/mol. The molecule has 5 nitrogen and oxygen atoms in total. The number of aldehydes is 1. The number of halogens is 1. The Morgan fingerprint density at radius 2 is 1.96 bits per heavy atom. The summed E-state index contributed by atoms with van der Waals surface area (Å²) in [5, 5.41) is 0. The van der Waals surface area contributed by atoms with Gasteiger partial charge in [-0.2, -0.15) is 0 Å². The quantitative estimate of drug-likeness (QED) is 0.505. The van der Waals surface area contributed by atoms with E-state index in [4.69, 9.17) is 9.47 Å². The maximum Gasteiger partial charge on any atom is 0.230 e. The molecule has 24 heavy (non-hydrogen) atoms. The summed E-state index contributed by atoms with van der Waals surface area (Å²) in [6.45, 7) is 3.40. The molecule has 0 atom stereocenters. The minimum absolute atomic E-state index is 0.0280. The topological polar surface area (TPSA) is 55.8 Å². The van der Waals surface area contributed by atoms with Crippen LogP contribution in [-0.4, -0.2) is 38.2 Å². The Bertz CT molecular complexity index is 591. The predicted octanol–water partition coefficient (Wildman–Crippen LogP) is 3.70. The van der Waals surface area contributed by atoms with Gasteiger partial charge in [0.25, 0.3) is 0 Å². The van der Waals surface area contributed by atoms with Crippen molar-refractivity contribution in [1.29, 1.82) is 0 Å². The first-order valence-electron chi connectivity index (χ1n) is 8.33. The first kappa shape index (κ1) is 18.3. The number of nitrogens with zero attached hydrogens (tertiary/aromatic N) is 1. The summed E-state index contributed by atoms with van der Waals surface area (Å²) in [6.07, 6.45) is 4.86. The number of amides is 1. The van der Waals surface area contributed by atoms with Crippen LogP contribution < -0.4 is 4.90 Å². The molecule has 2 heterocycles. The van der Waals surface area contributed by atoms with E-state index in [1.165, 1.54) is 11.3 Å². The van der Waals surface area contributed by atoms with Crippen LogP contribution in [0.4, 0.5) is 5.69 Å². The lowest BCUT2D eigenvalue weighted by Crippen LogP contribution is -2.51. The lowest BCUT2D eigenvalue weighted by Gasteiger charge is -2.37. The van der Waals surface area contributed by atoms with Crippen LogP contribution in [0, 0.1) is 14.7 Å². The molecule has 0 bridgehead atoms. The second kappa shape index (κ2) is 8.25. The Balaban J connectivity index is 1.89. The van der Waals surface area contributed by atoms with Gasteiger partial charge in [0, 0.05) is 5.92 Å². The largest absolute Gasteiger partial charge is 0.353 e. The van der Waals surface area contributed by atoms with Crippen molar-refractivity contribution in [3.8, 4) is 0 Å². The number of hydrogen-bond donors (Lipinski definition) is 0. The van der Waals surface area contributed by atoms with Gasteiger partial charge in [-0.05, 0) is 60.3 Å². The van der Waals surface area contributed by atoms with Crippen molar-refractivity contribution in [2.75, 3.05) is 24.9 Å². The Kier molecular flexibility index (Phi) is 6.28.